The minimum absolute atomic E-state index is 0.346. The lowest BCUT2D eigenvalue weighted by molar-refractivity contribution is -0.00548. The Hall–Kier alpha value is -0.870. The highest BCUT2D eigenvalue weighted by Gasteiger charge is 2.34. The van der Waals surface area contributed by atoms with E-state index in [1.807, 2.05) is 27.7 Å². The van der Waals surface area contributed by atoms with Gasteiger partial charge in [-0.05, 0) is 46.6 Å². The summed E-state index contributed by atoms with van der Waals surface area (Å²) in [6.45, 7) is 8.40. The second-order valence-electron chi connectivity index (χ2n) is 7.12. The fraction of sp³-hybridized carbons (Fsp3) is 0.812. The van der Waals surface area contributed by atoms with Crippen LogP contribution in [0.4, 0.5) is 0 Å². The summed E-state index contributed by atoms with van der Waals surface area (Å²) in [7, 11) is 0. The van der Waals surface area contributed by atoms with Crippen LogP contribution < -0.4 is 5.32 Å². The van der Waals surface area contributed by atoms with E-state index in [4.69, 9.17) is 5.10 Å². The van der Waals surface area contributed by atoms with E-state index >= 15 is 0 Å². The van der Waals surface area contributed by atoms with Crippen molar-refractivity contribution < 1.29 is 5.11 Å². The van der Waals surface area contributed by atoms with Crippen LogP contribution in [-0.4, -0.2) is 26.0 Å². The average molecular weight is 279 g/mol. The molecule has 4 heteroatoms. The Morgan fingerprint density at radius 2 is 1.90 bits per heavy atom. The Kier molecular flexibility index (Phi) is 4.55. The van der Waals surface area contributed by atoms with Crippen molar-refractivity contribution in [2.24, 2.45) is 0 Å². The van der Waals surface area contributed by atoms with Crippen molar-refractivity contribution in [3.05, 3.63) is 18.0 Å². The van der Waals surface area contributed by atoms with Crippen molar-refractivity contribution in [2.75, 3.05) is 0 Å². The van der Waals surface area contributed by atoms with Crippen molar-refractivity contribution in [1.82, 2.24) is 15.1 Å². The quantitative estimate of drug-likeness (QED) is 0.871. The van der Waals surface area contributed by atoms with Gasteiger partial charge >= 0.3 is 0 Å². The predicted octanol–water partition coefficient (Wildman–Crippen LogP) is 3.03. The Bertz CT molecular complexity index is 425. The van der Waals surface area contributed by atoms with Gasteiger partial charge in [-0.2, -0.15) is 5.10 Å². The molecule has 0 unspecified atom stereocenters. The maximum absolute atomic E-state index is 10.1. The van der Waals surface area contributed by atoms with Crippen LogP contribution in [0.1, 0.15) is 71.5 Å². The molecule has 114 valence electrons. The first-order valence-corrected chi connectivity index (χ1v) is 7.81. The van der Waals surface area contributed by atoms with Gasteiger partial charge in [0.1, 0.15) is 0 Å². The number of nitrogens with one attached hydrogen (secondary N) is 1. The summed E-state index contributed by atoms with van der Waals surface area (Å²) >= 11 is 0. The number of hydrogen-bond acceptors (Lipinski definition) is 3. The first-order chi connectivity index (χ1) is 9.29. The van der Waals surface area contributed by atoms with E-state index < -0.39 is 5.60 Å². The lowest BCUT2D eigenvalue weighted by Gasteiger charge is -2.38. The van der Waals surface area contributed by atoms with Crippen molar-refractivity contribution in [3.8, 4) is 0 Å². The van der Waals surface area contributed by atoms with Gasteiger partial charge in [-0.1, -0.05) is 19.3 Å². The normalized spacial score (nSPS) is 18.4. The van der Waals surface area contributed by atoms with Gasteiger partial charge < -0.3 is 10.4 Å². The third kappa shape index (κ3) is 3.61. The smallest absolute Gasteiger partial charge is 0.0767 e. The Balaban J connectivity index is 1.93. The van der Waals surface area contributed by atoms with Gasteiger partial charge in [0.25, 0.3) is 0 Å². The molecule has 0 saturated heterocycles. The van der Waals surface area contributed by atoms with Gasteiger partial charge in [-0.25, -0.2) is 0 Å². The highest BCUT2D eigenvalue weighted by Crippen LogP contribution is 2.27. The molecule has 0 radical (unpaired) electrons. The molecule has 1 saturated carbocycles. The predicted molar refractivity (Wildman–Crippen MR) is 81.6 cm³/mol. The van der Waals surface area contributed by atoms with Gasteiger partial charge in [-0.3, -0.25) is 4.68 Å². The summed E-state index contributed by atoms with van der Waals surface area (Å²) in [5.74, 6) is 0. The summed E-state index contributed by atoms with van der Waals surface area (Å²) in [6.07, 6.45) is 8.62. The molecule has 0 bridgehead atoms. The van der Waals surface area contributed by atoms with Gasteiger partial charge in [-0.15, -0.1) is 0 Å². The summed E-state index contributed by atoms with van der Waals surface area (Å²) in [5, 5.41) is 18.2. The van der Waals surface area contributed by atoms with Crippen LogP contribution in [0.15, 0.2) is 12.3 Å². The first kappa shape index (κ1) is 15.5. The van der Waals surface area contributed by atoms with E-state index in [0.29, 0.717) is 12.6 Å². The number of hydrogen-bond donors (Lipinski definition) is 2. The van der Waals surface area contributed by atoms with Crippen LogP contribution in [0.2, 0.25) is 0 Å². The SMILES string of the molecule is CC(C)(O)C(C)(C)NCc1ccn(C2CCCCC2)n1. The van der Waals surface area contributed by atoms with E-state index in [0.717, 1.165) is 5.69 Å². The molecule has 2 rings (SSSR count). The number of aliphatic hydroxyl groups is 1. The van der Waals surface area contributed by atoms with Crippen LogP contribution in [-0.2, 0) is 6.54 Å². The largest absolute Gasteiger partial charge is 0.389 e. The molecule has 1 aromatic rings. The summed E-state index contributed by atoms with van der Waals surface area (Å²) in [4.78, 5) is 0. The minimum atomic E-state index is -0.765. The summed E-state index contributed by atoms with van der Waals surface area (Å²) in [5.41, 5.74) is -0.0616. The van der Waals surface area contributed by atoms with Crippen LogP contribution >= 0.6 is 0 Å². The molecule has 0 atom stereocenters. The highest BCUT2D eigenvalue weighted by atomic mass is 16.3. The zero-order valence-corrected chi connectivity index (χ0v) is 13.3. The Morgan fingerprint density at radius 1 is 1.25 bits per heavy atom. The van der Waals surface area contributed by atoms with Gasteiger partial charge in [0.2, 0.25) is 0 Å². The Morgan fingerprint density at radius 3 is 2.50 bits per heavy atom. The minimum Gasteiger partial charge on any atom is -0.389 e. The molecule has 20 heavy (non-hydrogen) atoms. The zero-order valence-electron chi connectivity index (χ0n) is 13.3. The highest BCUT2D eigenvalue weighted by molar-refractivity contribution is 5.02. The van der Waals surface area contributed by atoms with Gasteiger partial charge in [0.05, 0.1) is 17.3 Å². The second kappa shape index (κ2) is 5.86. The molecule has 2 N–H and O–H groups in total. The van der Waals surface area contributed by atoms with E-state index in [-0.39, 0.29) is 5.54 Å². The molecule has 1 heterocycles. The molecule has 1 aliphatic rings. The van der Waals surface area contributed by atoms with E-state index in [1.54, 1.807) is 0 Å². The molecule has 0 aromatic carbocycles. The van der Waals surface area contributed by atoms with Gasteiger partial charge in [0, 0.05) is 18.3 Å². The van der Waals surface area contributed by atoms with E-state index in [2.05, 4.69) is 22.3 Å². The van der Waals surface area contributed by atoms with Crippen molar-refractivity contribution >= 4 is 0 Å². The maximum Gasteiger partial charge on any atom is 0.0767 e. The molecule has 0 aliphatic heterocycles. The van der Waals surface area contributed by atoms with Crippen LogP contribution in [0.5, 0.6) is 0 Å². The van der Waals surface area contributed by atoms with Crippen LogP contribution in [0.3, 0.4) is 0 Å². The fourth-order valence-electron chi connectivity index (χ4n) is 2.55. The second-order valence-corrected chi connectivity index (χ2v) is 7.12. The number of nitrogens with zero attached hydrogens (tertiary/aromatic N) is 2. The van der Waals surface area contributed by atoms with E-state index in [1.165, 1.54) is 32.1 Å². The topological polar surface area (TPSA) is 50.1 Å². The molecule has 1 aliphatic carbocycles. The lowest BCUT2D eigenvalue weighted by atomic mass is 9.86. The lowest BCUT2D eigenvalue weighted by Crippen LogP contribution is -2.55. The first-order valence-electron chi connectivity index (χ1n) is 7.81. The molecule has 0 amide bonds. The van der Waals surface area contributed by atoms with Gasteiger partial charge in [0.15, 0.2) is 0 Å². The van der Waals surface area contributed by atoms with Crippen molar-refractivity contribution in [1.29, 1.82) is 0 Å². The van der Waals surface area contributed by atoms with Crippen molar-refractivity contribution in [3.63, 3.8) is 0 Å². The average Bonchev–Trinajstić information content (AvgIpc) is 2.85. The van der Waals surface area contributed by atoms with Crippen LogP contribution in [0.25, 0.3) is 0 Å². The molecule has 1 aromatic heterocycles. The zero-order chi connectivity index (χ0) is 14.8. The van der Waals surface area contributed by atoms with Crippen LogP contribution in [0, 0.1) is 0 Å². The summed E-state index contributed by atoms with van der Waals surface area (Å²) < 4.78 is 2.13. The molecule has 4 nitrogen and oxygen atoms in total. The number of rotatable bonds is 5. The maximum atomic E-state index is 10.1. The van der Waals surface area contributed by atoms with Crippen molar-refractivity contribution in [2.45, 2.75) is 83.5 Å². The fourth-order valence-corrected chi connectivity index (χ4v) is 2.55. The molecular formula is C16H29N3O. The summed E-state index contributed by atoms with van der Waals surface area (Å²) in [6, 6.07) is 2.67. The third-order valence-corrected chi connectivity index (χ3v) is 4.85. The molecule has 0 spiro atoms. The standard InChI is InChI=1S/C16H29N3O/c1-15(2,16(3,4)20)17-12-13-10-11-19(18-13)14-8-6-5-7-9-14/h10-11,14,17,20H,5-9,12H2,1-4H3. The molecular weight excluding hydrogens is 250 g/mol. The monoisotopic (exact) mass is 279 g/mol. The molecule has 1 fully saturated rings. The number of aromatic nitrogens is 2. The van der Waals surface area contributed by atoms with E-state index in [9.17, 15) is 5.11 Å². The third-order valence-electron chi connectivity index (χ3n) is 4.85. The Labute approximate surface area is 122 Å².